The lowest BCUT2D eigenvalue weighted by Crippen LogP contribution is -2.23. The summed E-state index contributed by atoms with van der Waals surface area (Å²) in [6.45, 7) is 6.48. The molecule has 0 saturated heterocycles. The first-order chi connectivity index (χ1) is 35.8. The van der Waals surface area contributed by atoms with Gasteiger partial charge in [0.1, 0.15) is 40.3 Å². The van der Waals surface area contributed by atoms with Crippen LogP contribution >= 0.6 is 0 Å². The maximum atomic E-state index is 14.3. The number of carbonyl (C=O) groups excluding carboxylic acids is 3. The van der Waals surface area contributed by atoms with Crippen LogP contribution in [0.2, 0.25) is 0 Å². The number of nitrogens with two attached hydrogens (primary N) is 2. The number of primary amides is 1. The van der Waals surface area contributed by atoms with Gasteiger partial charge in [-0.2, -0.15) is 0 Å². The number of carbonyl (C=O) groups is 3. The number of rotatable bonds is 16. The van der Waals surface area contributed by atoms with Gasteiger partial charge in [-0.3, -0.25) is 14.6 Å². The fourth-order valence-corrected chi connectivity index (χ4v) is 9.81. The number of urea groups is 1. The van der Waals surface area contributed by atoms with Gasteiger partial charge in [0.2, 0.25) is 21.8 Å². The molecule has 7 N–H and O–H groups in total. The summed E-state index contributed by atoms with van der Waals surface area (Å²) in [5.41, 5.74) is 17.4. The van der Waals surface area contributed by atoms with Crippen LogP contribution in [0.15, 0.2) is 125 Å². The Labute approximate surface area is 434 Å². The zero-order valence-electron chi connectivity index (χ0n) is 42.3. The Morgan fingerprint density at radius 1 is 0.613 bits per heavy atom. The highest BCUT2D eigenvalue weighted by atomic mass is 32.2. The second-order valence-corrected chi connectivity index (χ2v) is 18.9. The number of nitrogens with zero attached hydrogens (tertiary/aromatic N) is 1. The van der Waals surface area contributed by atoms with Gasteiger partial charge in [0.15, 0.2) is 4.90 Å². The van der Waals surface area contributed by atoms with Gasteiger partial charge >= 0.3 is 6.03 Å². The molecule has 0 saturated carbocycles. The van der Waals surface area contributed by atoms with E-state index in [2.05, 4.69) is 20.9 Å². The minimum Gasteiger partial charge on any atom is -0.495 e. The summed E-state index contributed by atoms with van der Waals surface area (Å²) in [7, 11) is 1.51. The summed E-state index contributed by atoms with van der Waals surface area (Å²) in [5, 5.41) is 13.7. The van der Waals surface area contributed by atoms with Crippen molar-refractivity contribution in [1.82, 2.24) is 15.6 Å². The number of sulfonamides is 1. The predicted octanol–water partition coefficient (Wildman–Crippen LogP) is 9.60. The highest BCUT2D eigenvalue weighted by molar-refractivity contribution is 7.89. The second-order valence-electron chi connectivity index (χ2n) is 17.4. The Morgan fingerprint density at radius 3 is 1.52 bits per heavy atom. The number of aryl methyl sites for hydroxylation is 1. The molecule has 0 radical (unpaired) electrons. The van der Waals surface area contributed by atoms with E-state index in [-0.39, 0.29) is 53.4 Å². The fraction of sp³-hybridized carbons (Fsp3) is 0.193. The monoisotopic (exact) mass is 1040 g/mol. The van der Waals surface area contributed by atoms with Crippen molar-refractivity contribution in [1.29, 1.82) is 0 Å². The van der Waals surface area contributed by atoms with Gasteiger partial charge in [0.25, 0.3) is 0 Å². The largest absolute Gasteiger partial charge is 0.495 e. The lowest BCUT2D eigenvalue weighted by atomic mass is 10.00. The average molecular weight is 1040 g/mol. The molecule has 75 heavy (non-hydrogen) atoms. The van der Waals surface area contributed by atoms with Crippen LogP contribution in [0.5, 0.6) is 23.0 Å². The summed E-state index contributed by atoms with van der Waals surface area (Å²) in [5.74, 6) is -0.374. The van der Waals surface area contributed by atoms with Gasteiger partial charge in [0.05, 0.1) is 53.5 Å². The number of amides is 4. The molecule has 2 aliphatic rings. The molecule has 2 aliphatic carbocycles. The van der Waals surface area contributed by atoms with Crippen LogP contribution in [0.25, 0.3) is 34.4 Å². The smallest absolute Gasteiger partial charge is 0.316 e. The summed E-state index contributed by atoms with van der Waals surface area (Å²) >= 11 is 0. The summed E-state index contributed by atoms with van der Waals surface area (Å²) in [6, 6.07) is 28.1. The molecule has 0 fully saturated rings. The highest BCUT2D eigenvalue weighted by Crippen LogP contribution is 2.47. The van der Waals surface area contributed by atoms with Crippen LogP contribution in [0.4, 0.5) is 19.3 Å². The first-order valence-electron chi connectivity index (χ1n) is 23.4. The van der Waals surface area contributed by atoms with Crippen molar-refractivity contribution in [3.05, 3.63) is 182 Å². The fourth-order valence-electron chi connectivity index (χ4n) is 8.96. The quantitative estimate of drug-likeness (QED) is 0.0617. The van der Waals surface area contributed by atoms with Gasteiger partial charge in [-0.05, 0) is 172 Å². The summed E-state index contributed by atoms with van der Waals surface area (Å²) in [6.07, 6.45) is 5.54. The molecule has 6 aromatic rings. The molecule has 1 aromatic heterocycles. The molecule has 0 unspecified atom stereocenters. The second kappa shape index (κ2) is 23.5. The van der Waals surface area contributed by atoms with E-state index < -0.39 is 21.9 Å². The third-order valence-corrected chi connectivity index (χ3v) is 13.6. The number of halogens is 2. The standard InChI is InChI=1S/C30H30FN3O4.C27H26FN3O5S/c1-17-7-5-6-8-20(17)16-33-28(35)15-24-18(2)23(22-10-9-21(31)14-25(22)24)11-19-12-26(37-3)29(34-30(32)36)27(13-19)38-4;1-16-21(10-17-11-24(35-2)27(37(29,33)34)25(12-17)36-3)20-8-7-18(28)13-23(20)22(16)14-26(32)31-15-19-6-4-5-9-30-19/h5-14H,15-16H2,1-4H3,(H,33,35)(H3,32,34,36);4-13H,14-15H2,1-3H3,(H,31,32)(H2,29,33,34). The zero-order chi connectivity index (χ0) is 54.1. The lowest BCUT2D eigenvalue weighted by Gasteiger charge is -2.15. The van der Waals surface area contributed by atoms with Crippen molar-refractivity contribution in [3.63, 3.8) is 0 Å². The molecule has 15 nitrogen and oxygen atoms in total. The van der Waals surface area contributed by atoms with Gasteiger partial charge < -0.3 is 40.6 Å². The Kier molecular flexibility index (Phi) is 17.0. The SMILES string of the molecule is COc1cc(C=C2C(C)=C(CC(=O)NCc3ccccc3C)c3cc(F)ccc32)cc(OC)c1NC(N)=O.COc1cc(C=C2C(C)=C(CC(=O)NCc3ccccn3)c3cc(F)ccc32)cc(OC)c1S(N)(=O)=O. The van der Waals surface area contributed by atoms with Crippen molar-refractivity contribution >= 4 is 68.0 Å². The molecule has 0 bridgehead atoms. The van der Waals surface area contributed by atoms with Crippen molar-refractivity contribution < 1.29 is 50.5 Å². The molecule has 0 spiro atoms. The molecule has 5 aromatic carbocycles. The van der Waals surface area contributed by atoms with E-state index in [4.69, 9.17) is 29.8 Å². The highest BCUT2D eigenvalue weighted by Gasteiger charge is 2.29. The van der Waals surface area contributed by atoms with Crippen LogP contribution in [0.1, 0.15) is 76.9 Å². The van der Waals surface area contributed by atoms with E-state index in [0.29, 0.717) is 46.0 Å². The van der Waals surface area contributed by atoms with Crippen LogP contribution in [0.3, 0.4) is 0 Å². The topological polar surface area (TPSA) is 223 Å². The first kappa shape index (κ1) is 54.2. The van der Waals surface area contributed by atoms with E-state index in [1.807, 2.05) is 69.3 Å². The van der Waals surface area contributed by atoms with Crippen molar-refractivity contribution in [2.24, 2.45) is 10.9 Å². The van der Waals surface area contributed by atoms with Crippen molar-refractivity contribution in [3.8, 4) is 23.0 Å². The van der Waals surface area contributed by atoms with Crippen LogP contribution in [0, 0.1) is 18.6 Å². The molecular formula is C57H56F2N6O9S. The number of ether oxygens (including phenoxy) is 4. The molecule has 0 atom stereocenters. The summed E-state index contributed by atoms with van der Waals surface area (Å²) in [4.78, 5) is 41.1. The Bertz CT molecular complexity index is 3410. The van der Waals surface area contributed by atoms with E-state index in [0.717, 1.165) is 61.4 Å². The zero-order valence-corrected chi connectivity index (χ0v) is 43.1. The number of fused-ring (bicyclic) bond motifs is 2. The van der Waals surface area contributed by atoms with Crippen LogP contribution in [-0.4, -0.2) is 59.7 Å². The number of aromatic nitrogens is 1. The number of pyridine rings is 1. The normalized spacial score (nSPS) is 13.7. The van der Waals surface area contributed by atoms with E-state index >= 15 is 0 Å². The summed E-state index contributed by atoms with van der Waals surface area (Å²) < 4.78 is 74.2. The molecule has 8 rings (SSSR count). The Balaban J connectivity index is 0.000000219. The Hall–Kier alpha value is -8.61. The average Bonchev–Trinajstić information content (AvgIpc) is 3.78. The number of allylic oxidation sites excluding steroid dienone is 4. The molecular weight excluding hydrogens is 983 g/mol. The number of methoxy groups -OCH3 is 4. The van der Waals surface area contributed by atoms with E-state index in [1.54, 1.807) is 36.5 Å². The minimum atomic E-state index is -4.11. The molecule has 0 aliphatic heterocycles. The van der Waals surface area contributed by atoms with E-state index in [9.17, 15) is 31.6 Å². The number of hydrogen-bond acceptors (Lipinski definition) is 10. The van der Waals surface area contributed by atoms with E-state index in [1.165, 1.54) is 64.8 Å². The third kappa shape index (κ3) is 12.6. The number of primary sulfonamides is 1. The number of benzene rings is 5. The van der Waals surface area contributed by atoms with Crippen LogP contribution < -0.4 is 45.8 Å². The molecule has 18 heteroatoms. The maximum Gasteiger partial charge on any atom is 0.316 e. The lowest BCUT2D eigenvalue weighted by molar-refractivity contribution is -0.121. The van der Waals surface area contributed by atoms with Crippen molar-refractivity contribution in [2.75, 3.05) is 33.8 Å². The number of nitrogens with one attached hydrogen (secondary N) is 3. The van der Waals surface area contributed by atoms with Crippen LogP contribution in [-0.2, 0) is 32.7 Å². The molecule has 1 heterocycles. The maximum absolute atomic E-state index is 14.3. The van der Waals surface area contributed by atoms with Gasteiger partial charge in [-0.25, -0.2) is 27.1 Å². The predicted molar refractivity (Wildman–Crippen MR) is 286 cm³/mol. The van der Waals surface area contributed by atoms with Gasteiger partial charge in [-0.15, -0.1) is 0 Å². The third-order valence-electron chi connectivity index (χ3n) is 12.7. The first-order valence-corrected chi connectivity index (χ1v) is 24.9. The number of anilines is 1. The minimum absolute atomic E-state index is 0.0294. The van der Waals surface area contributed by atoms with Crippen molar-refractivity contribution in [2.45, 2.75) is 51.6 Å². The molecule has 388 valence electrons. The Morgan fingerprint density at radius 2 is 1.08 bits per heavy atom. The van der Waals surface area contributed by atoms with Gasteiger partial charge in [-0.1, -0.05) is 42.5 Å². The molecule has 4 amide bonds. The number of hydrogen-bond donors (Lipinski definition) is 5. The van der Waals surface area contributed by atoms with Gasteiger partial charge in [0, 0.05) is 12.7 Å².